The van der Waals surface area contributed by atoms with E-state index < -0.39 is 0 Å². The van der Waals surface area contributed by atoms with Crippen molar-refractivity contribution >= 4 is 11.7 Å². The third kappa shape index (κ3) is 17.7. The standard InChI is InChI=1S/C21H42N2O2/c1-18(2)20(24)14-10-8-6-5-7-9-12-17-23-21(25)15-11-13-16-22-19(3)4/h18-19,22H,5-17H2,1-4H3,(H,23,25). The number of nitrogens with one attached hydrogen (secondary N) is 2. The minimum atomic E-state index is 0.187. The van der Waals surface area contributed by atoms with Crippen LogP contribution in [0.5, 0.6) is 0 Å². The molecule has 0 radical (unpaired) electrons. The van der Waals surface area contributed by atoms with E-state index in [2.05, 4.69) is 24.5 Å². The summed E-state index contributed by atoms with van der Waals surface area (Å²) >= 11 is 0. The maximum Gasteiger partial charge on any atom is 0.219 e. The first kappa shape index (κ1) is 24.1. The van der Waals surface area contributed by atoms with Gasteiger partial charge in [0.1, 0.15) is 5.78 Å². The van der Waals surface area contributed by atoms with Gasteiger partial charge in [-0.1, -0.05) is 59.8 Å². The number of ketones is 1. The Bertz CT molecular complexity index is 341. The van der Waals surface area contributed by atoms with Crippen LogP contribution < -0.4 is 10.6 Å². The predicted molar refractivity (Wildman–Crippen MR) is 107 cm³/mol. The first-order valence-corrected chi connectivity index (χ1v) is 10.5. The van der Waals surface area contributed by atoms with E-state index in [0.717, 1.165) is 45.2 Å². The molecule has 0 aromatic heterocycles. The van der Waals surface area contributed by atoms with E-state index >= 15 is 0 Å². The van der Waals surface area contributed by atoms with Gasteiger partial charge in [-0.3, -0.25) is 9.59 Å². The number of hydrogen-bond donors (Lipinski definition) is 2. The molecule has 4 heteroatoms. The summed E-state index contributed by atoms with van der Waals surface area (Å²) in [4.78, 5) is 23.2. The first-order chi connectivity index (χ1) is 11.9. The smallest absolute Gasteiger partial charge is 0.219 e. The van der Waals surface area contributed by atoms with Gasteiger partial charge in [-0.05, 0) is 32.2 Å². The van der Waals surface area contributed by atoms with Crippen LogP contribution in [0.1, 0.15) is 98.3 Å². The van der Waals surface area contributed by atoms with Crippen LogP contribution in [-0.4, -0.2) is 30.8 Å². The number of hydrogen-bond acceptors (Lipinski definition) is 3. The van der Waals surface area contributed by atoms with Crippen LogP contribution in [0.2, 0.25) is 0 Å². The summed E-state index contributed by atoms with van der Waals surface area (Å²) in [5.41, 5.74) is 0. The molecule has 0 aromatic rings. The number of Topliss-reactive ketones (excluding diaryl/α,β-unsaturated/α-hetero) is 1. The fourth-order valence-electron chi connectivity index (χ4n) is 2.71. The third-order valence-electron chi connectivity index (χ3n) is 4.45. The maximum absolute atomic E-state index is 11.7. The van der Waals surface area contributed by atoms with Gasteiger partial charge >= 0.3 is 0 Å². The number of carbonyl (C=O) groups excluding carboxylic acids is 2. The zero-order valence-corrected chi connectivity index (χ0v) is 17.2. The van der Waals surface area contributed by atoms with Gasteiger partial charge in [0.15, 0.2) is 0 Å². The molecule has 0 unspecified atom stereocenters. The molecule has 0 rings (SSSR count). The Morgan fingerprint density at radius 2 is 1.20 bits per heavy atom. The van der Waals surface area contributed by atoms with Gasteiger partial charge in [-0.25, -0.2) is 0 Å². The van der Waals surface area contributed by atoms with Crippen molar-refractivity contribution in [3.63, 3.8) is 0 Å². The van der Waals surface area contributed by atoms with Crippen LogP contribution in [0.3, 0.4) is 0 Å². The van der Waals surface area contributed by atoms with Crippen molar-refractivity contribution in [3.05, 3.63) is 0 Å². The van der Waals surface area contributed by atoms with Crippen LogP contribution in [0.25, 0.3) is 0 Å². The molecule has 0 bridgehead atoms. The molecular weight excluding hydrogens is 312 g/mol. The molecule has 2 N–H and O–H groups in total. The summed E-state index contributed by atoms with van der Waals surface area (Å²) in [6.45, 7) is 10.0. The Morgan fingerprint density at radius 1 is 0.680 bits per heavy atom. The molecule has 0 spiro atoms. The SMILES string of the molecule is CC(C)NCCCCC(=O)NCCCCCCCCCC(=O)C(C)C. The Labute approximate surface area is 155 Å². The molecule has 1 amide bonds. The lowest BCUT2D eigenvalue weighted by atomic mass is 10.0. The quantitative estimate of drug-likeness (QED) is 0.375. The Kier molecular flexibility index (Phi) is 16.0. The molecule has 0 saturated heterocycles. The number of unbranched alkanes of at least 4 members (excludes halogenated alkanes) is 7. The summed E-state index contributed by atoms with van der Waals surface area (Å²) < 4.78 is 0. The van der Waals surface area contributed by atoms with Crippen LogP contribution in [0.4, 0.5) is 0 Å². The molecule has 148 valence electrons. The Morgan fingerprint density at radius 3 is 1.80 bits per heavy atom. The highest BCUT2D eigenvalue weighted by atomic mass is 16.1. The van der Waals surface area contributed by atoms with E-state index in [1.807, 2.05) is 13.8 Å². The molecular formula is C21H42N2O2. The van der Waals surface area contributed by atoms with Crippen LogP contribution in [0, 0.1) is 5.92 Å². The molecule has 0 aliphatic heterocycles. The lowest BCUT2D eigenvalue weighted by molar-refractivity contribution is -0.122. The topological polar surface area (TPSA) is 58.2 Å². The summed E-state index contributed by atoms with van der Waals surface area (Å²) in [5, 5.41) is 6.39. The number of rotatable bonds is 17. The maximum atomic E-state index is 11.7. The lowest BCUT2D eigenvalue weighted by Crippen LogP contribution is -2.25. The van der Waals surface area contributed by atoms with Crippen molar-refractivity contribution in [1.29, 1.82) is 0 Å². The summed E-state index contributed by atoms with van der Waals surface area (Å²) in [7, 11) is 0. The number of carbonyl (C=O) groups is 2. The van der Waals surface area contributed by atoms with Gasteiger partial charge < -0.3 is 10.6 Å². The molecule has 25 heavy (non-hydrogen) atoms. The second kappa shape index (κ2) is 16.6. The zero-order valence-electron chi connectivity index (χ0n) is 17.2. The van der Waals surface area contributed by atoms with Gasteiger partial charge in [0.05, 0.1) is 0 Å². The van der Waals surface area contributed by atoms with Crippen molar-refractivity contribution in [2.24, 2.45) is 5.92 Å². The predicted octanol–water partition coefficient (Wildman–Crippen LogP) is 4.62. The molecule has 0 saturated carbocycles. The fraction of sp³-hybridized carbons (Fsp3) is 0.905. The van der Waals surface area contributed by atoms with Gasteiger partial charge in [0, 0.05) is 31.3 Å². The molecule has 0 atom stereocenters. The molecule has 0 aromatic carbocycles. The zero-order chi connectivity index (χ0) is 18.9. The monoisotopic (exact) mass is 354 g/mol. The van der Waals surface area contributed by atoms with E-state index in [9.17, 15) is 9.59 Å². The largest absolute Gasteiger partial charge is 0.356 e. The summed E-state index contributed by atoms with van der Waals surface area (Å²) in [6, 6.07) is 0.524. The van der Waals surface area contributed by atoms with Gasteiger partial charge in [0.2, 0.25) is 5.91 Å². The van der Waals surface area contributed by atoms with E-state index in [4.69, 9.17) is 0 Å². The van der Waals surface area contributed by atoms with Crippen LogP contribution in [0.15, 0.2) is 0 Å². The van der Waals surface area contributed by atoms with Crippen molar-refractivity contribution in [1.82, 2.24) is 10.6 Å². The van der Waals surface area contributed by atoms with Crippen molar-refractivity contribution in [3.8, 4) is 0 Å². The highest BCUT2D eigenvalue weighted by Crippen LogP contribution is 2.10. The third-order valence-corrected chi connectivity index (χ3v) is 4.45. The van der Waals surface area contributed by atoms with E-state index in [1.165, 1.54) is 32.1 Å². The molecule has 0 aliphatic carbocycles. The Hall–Kier alpha value is -0.900. The van der Waals surface area contributed by atoms with Crippen molar-refractivity contribution < 1.29 is 9.59 Å². The summed E-state index contributed by atoms with van der Waals surface area (Å²) in [6.07, 6.45) is 11.6. The molecule has 0 aliphatic rings. The van der Waals surface area contributed by atoms with Gasteiger partial charge in [-0.2, -0.15) is 0 Å². The minimum absolute atomic E-state index is 0.187. The highest BCUT2D eigenvalue weighted by Gasteiger charge is 2.05. The van der Waals surface area contributed by atoms with Crippen molar-refractivity contribution in [2.45, 2.75) is 104 Å². The second-order valence-corrected chi connectivity index (χ2v) is 7.76. The van der Waals surface area contributed by atoms with Crippen molar-refractivity contribution in [2.75, 3.05) is 13.1 Å². The molecule has 0 fully saturated rings. The van der Waals surface area contributed by atoms with Gasteiger partial charge in [0.25, 0.3) is 0 Å². The highest BCUT2D eigenvalue weighted by molar-refractivity contribution is 5.80. The minimum Gasteiger partial charge on any atom is -0.356 e. The average Bonchev–Trinajstić information content (AvgIpc) is 2.55. The average molecular weight is 355 g/mol. The summed E-state index contributed by atoms with van der Waals surface area (Å²) in [5.74, 6) is 0.776. The van der Waals surface area contributed by atoms with E-state index in [-0.39, 0.29) is 11.8 Å². The molecule has 4 nitrogen and oxygen atoms in total. The molecule has 0 heterocycles. The normalized spacial score (nSPS) is 11.3. The second-order valence-electron chi connectivity index (χ2n) is 7.76. The number of amides is 1. The fourth-order valence-corrected chi connectivity index (χ4v) is 2.71. The Balaban J connectivity index is 3.24. The van der Waals surface area contributed by atoms with Crippen LogP contribution >= 0.6 is 0 Å². The van der Waals surface area contributed by atoms with E-state index in [1.54, 1.807) is 0 Å². The van der Waals surface area contributed by atoms with Crippen LogP contribution in [-0.2, 0) is 9.59 Å². The first-order valence-electron chi connectivity index (χ1n) is 10.5. The van der Waals surface area contributed by atoms with Gasteiger partial charge in [-0.15, -0.1) is 0 Å². The van der Waals surface area contributed by atoms with E-state index in [0.29, 0.717) is 18.2 Å². The lowest BCUT2D eigenvalue weighted by Gasteiger charge is -2.08.